The van der Waals surface area contributed by atoms with Crippen LogP contribution in [0.4, 0.5) is 0 Å². The maximum Gasteiger partial charge on any atom is 0.321 e. The minimum Gasteiger partial charge on any atom is -0.481 e. The number of hydrogen-bond donors (Lipinski definition) is 4. The molecule has 2 fully saturated rings. The molecular weight excluding hydrogens is 386 g/mol. The van der Waals surface area contributed by atoms with Crippen molar-refractivity contribution in [2.75, 3.05) is 32.7 Å². The maximum absolute atomic E-state index is 12.1. The lowest BCUT2D eigenvalue weighted by Crippen LogP contribution is -2.62. The molecule has 0 aliphatic carbocycles. The van der Waals surface area contributed by atoms with Gasteiger partial charge in [-0.25, -0.2) is 0 Å². The van der Waals surface area contributed by atoms with Crippen molar-refractivity contribution >= 4 is 18.2 Å². The molecule has 164 valence electrons. The molecule has 0 aromatic heterocycles. The number of nitrogens with one attached hydrogen (secondary N) is 1. The van der Waals surface area contributed by atoms with Crippen molar-refractivity contribution in [3.8, 4) is 0 Å². The Morgan fingerprint density at radius 1 is 1.17 bits per heavy atom. The number of benzene rings is 1. The van der Waals surface area contributed by atoms with Crippen molar-refractivity contribution in [2.45, 2.75) is 37.9 Å². The fourth-order valence-corrected chi connectivity index (χ4v) is 4.65. The van der Waals surface area contributed by atoms with Gasteiger partial charge in [0.1, 0.15) is 6.04 Å². The highest BCUT2D eigenvalue weighted by Crippen LogP contribution is 2.35. The largest absolute Gasteiger partial charge is 0.481 e. The van der Waals surface area contributed by atoms with Gasteiger partial charge < -0.3 is 21.4 Å². The zero-order valence-electron chi connectivity index (χ0n) is 17.3. The molecular formula is C21H31N5O4. The van der Waals surface area contributed by atoms with Crippen LogP contribution in [0, 0.1) is 5.92 Å². The smallest absolute Gasteiger partial charge is 0.321 e. The van der Waals surface area contributed by atoms with E-state index in [0.29, 0.717) is 6.54 Å². The summed E-state index contributed by atoms with van der Waals surface area (Å²) in [7, 11) is 0. The molecule has 1 aromatic carbocycles. The normalized spacial score (nSPS) is 25.8. The van der Waals surface area contributed by atoms with Gasteiger partial charge in [0.15, 0.2) is 0 Å². The van der Waals surface area contributed by atoms with E-state index in [2.05, 4.69) is 27.5 Å². The zero-order chi connectivity index (χ0) is 21.7. The number of likely N-dealkylation sites (tertiary alicyclic amines) is 1. The summed E-state index contributed by atoms with van der Waals surface area (Å²) in [6, 6.07) is 7.04. The molecule has 2 aliphatic heterocycles. The maximum atomic E-state index is 12.1. The average Bonchev–Trinajstić information content (AvgIpc) is 2.75. The van der Waals surface area contributed by atoms with Gasteiger partial charge in [-0.1, -0.05) is 24.3 Å². The van der Waals surface area contributed by atoms with E-state index in [1.807, 2.05) is 17.0 Å². The third kappa shape index (κ3) is 4.97. The van der Waals surface area contributed by atoms with Gasteiger partial charge in [0.25, 0.3) is 0 Å². The second-order valence-electron chi connectivity index (χ2n) is 8.08. The van der Waals surface area contributed by atoms with Crippen molar-refractivity contribution in [1.82, 2.24) is 15.1 Å². The molecule has 2 heterocycles. The van der Waals surface area contributed by atoms with E-state index in [4.69, 9.17) is 5.84 Å². The van der Waals surface area contributed by atoms with Crippen LogP contribution in [-0.4, -0.2) is 83.1 Å². The average molecular weight is 418 g/mol. The first-order valence-corrected chi connectivity index (χ1v) is 10.4. The summed E-state index contributed by atoms with van der Waals surface area (Å²) in [6.45, 7) is 5.34. The molecule has 0 radical (unpaired) electrons. The van der Waals surface area contributed by atoms with E-state index in [9.17, 15) is 19.8 Å². The van der Waals surface area contributed by atoms with Crippen molar-refractivity contribution < 1.29 is 19.8 Å². The van der Waals surface area contributed by atoms with E-state index < -0.39 is 23.9 Å². The topological polar surface area (TPSA) is 131 Å². The van der Waals surface area contributed by atoms with Crippen LogP contribution in [0.2, 0.25) is 0 Å². The molecule has 1 aromatic rings. The summed E-state index contributed by atoms with van der Waals surface area (Å²) in [6.07, 6.45) is 3.03. The van der Waals surface area contributed by atoms with E-state index in [-0.39, 0.29) is 12.1 Å². The van der Waals surface area contributed by atoms with Gasteiger partial charge in [-0.2, -0.15) is 5.10 Å². The minimum atomic E-state index is -1.08. The Balaban J connectivity index is 1.85. The molecule has 4 atom stereocenters. The molecule has 30 heavy (non-hydrogen) atoms. The van der Waals surface area contributed by atoms with Crippen LogP contribution in [0.3, 0.4) is 0 Å². The Morgan fingerprint density at radius 2 is 1.83 bits per heavy atom. The molecule has 0 amide bonds. The van der Waals surface area contributed by atoms with Crippen molar-refractivity contribution in [3.63, 3.8) is 0 Å². The summed E-state index contributed by atoms with van der Waals surface area (Å²) >= 11 is 0. The lowest BCUT2D eigenvalue weighted by Gasteiger charge is -2.49. The first kappa shape index (κ1) is 22.2. The van der Waals surface area contributed by atoms with Gasteiger partial charge in [-0.05, 0) is 36.8 Å². The molecule has 2 aliphatic rings. The number of nitrogens with zero attached hydrogens (tertiary/aromatic N) is 3. The second kappa shape index (κ2) is 10.0. The minimum absolute atomic E-state index is 0.112. The van der Waals surface area contributed by atoms with Crippen LogP contribution < -0.4 is 11.2 Å². The number of hydrazone groups is 1. The number of carbonyl (C=O) groups is 2. The Labute approximate surface area is 176 Å². The van der Waals surface area contributed by atoms with Crippen LogP contribution in [0.25, 0.3) is 0 Å². The third-order valence-electron chi connectivity index (χ3n) is 6.29. The number of rotatable bonds is 7. The number of carboxylic acid groups (broad SMARTS) is 2. The van der Waals surface area contributed by atoms with Crippen molar-refractivity contribution in [1.29, 1.82) is 0 Å². The van der Waals surface area contributed by atoms with Crippen LogP contribution in [0.5, 0.6) is 0 Å². The molecule has 5 N–H and O–H groups in total. The Hall–Kier alpha value is -2.49. The SMILES string of the molecule is CC(C(=O)O)C(C(=O)O)N1CCC(c2ccc(C=NN)cc2)CC1N1CCNCC1. The highest BCUT2D eigenvalue weighted by molar-refractivity contribution is 5.82. The summed E-state index contributed by atoms with van der Waals surface area (Å²) < 4.78 is 0. The number of carboxylic acids is 2. The lowest BCUT2D eigenvalue weighted by molar-refractivity contribution is -0.160. The summed E-state index contributed by atoms with van der Waals surface area (Å²) in [5, 5.41) is 26.2. The zero-order valence-corrected chi connectivity index (χ0v) is 17.3. The van der Waals surface area contributed by atoms with E-state index >= 15 is 0 Å². The van der Waals surface area contributed by atoms with Gasteiger partial charge >= 0.3 is 11.9 Å². The summed E-state index contributed by atoms with van der Waals surface area (Å²) in [4.78, 5) is 27.9. The fourth-order valence-electron chi connectivity index (χ4n) is 4.65. The molecule has 2 saturated heterocycles. The quantitative estimate of drug-likeness (QED) is 0.288. The second-order valence-corrected chi connectivity index (χ2v) is 8.08. The van der Waals surface area contributed by atoms with E-state index in [1.165, 1.54) is 12.5 Å². The summed E-state index contributed by atoms with van der Waals surface area (Å²) in [5.74, 6) is 2.35. The molecule has 0 spiro atoms. The summed E-state index contributed by atoms with van der Waals surface area (Å²) in [5.41, 5.74) is 2.13. The molecule has 4 unspecified atom stereocenters. The number of aliphatic carboxylic acids is 2. The monoisotopic (exact) mass is 417 g/mol. The van der Waals surface area contributed by atoms with Crippen LogP contribution in [0.1, 0.15) is 36.8 Å². The van der Waals surface area contributed by atoms with Gasteiger partial charge in [0.05, 0.1) is 18.3 Å². The molecule has 0 saturated carbocycles. The van der Waals surface area contributed by atoms with Crippen LogP contribution in [-0.2, 0) is 9.59 Å². The highest BCUT2D eigenvalue weighted by Gasteiger charge is 2.43. The Kier molecular flexibility index (Phi) is 7.41. The van der Waals surface area contributed by atoms with Gasteiger partial charge in [0, 0.05) is 32.7 Å². The molecule has 0 bridgehead atoms. The molecule has 9 nitrogen and oxygen atoms in total. The molecule has 9 heteroatoms. The number of piperazine rings is 1. The molecule has 3 rings (SSSR count). The highest BCUT2D eigenvalue weighted by atomic mass is 16.4. The first-order chi connectivity index (χ1) is 14.4. The first-order valence-electron chi connectivity index (χ1n) is 10.4. The number of nitrogens with two attached hydrogens (primary N) is 1. The fraction of sp³-hybridized carbons (Fsp3) is 0.571. The van der Waals surface area contributed by atoms with Crippen LogP contribution in [0.15, 0.2) is 29.4 Å². The lowest BCUT2D eigenvalue weighted by atomic mass is 9.85. The van der Waals surface area contributed by atoms with E-state index in [1.54, 1.807) is 6.21 Å². The Morgan fingerprint density at radius 3 is 2.40 bits per heavy atom. The number of hydrogen-bond acceptors (Lipinski definition) is 7. The van der Waals surface area contributed by atoms with Gasteiger partial charge in [0.2, 0.25) is 0 Å². The third-order valence-corrected chi connectivity index (χ3v) is 6.29. The van der Waals surface area contributed by atoms with Gasteiger partial charge in [-0.3, -0.25) is 19.4 Å². The van der Waals surface area contributed by atoms with Crippen molar-refractivity contribution in [2.24, 2.45) is 16.9 Å². The predicted octanol–water partition coefficient (Wildman–Crippen LogP) is 0.564. The Bertz CT molecular complexity index is 763. The van der Waals surface area contributed by atoms with E-state index in [0.717, 1.165) is 44.6 Å². The standard InChI is InChI=1S/C21H31N5O4/c1-14(20(27)28)19(21(29)30)26-9-6-17(12-18(26)25-10-7-23-8-11-25)16-4-2-15(3-5-16)13-24-22/h2-5,13-14,17-19,23H,6-12,22H2,1H3,(H,27,28)(H,29,30). The van der Waals surface area contributed by atoms with Gasteiger partial charge in [-0.15, -0.1) is 0 Å². The van der Waals surface area contributed by atoms with Crippen LogP contribution >= 0.6 is 0 Å². The van der Waals surface area contributed by atoms with Crippen molar-refractivity contribution in [3.05, 3.63) is 35.4 Å². The predicted molar refractivity (Wildman–Crippen MR) is 113 cm³/mol. The number of piperidine rings is 1.